The molecule has 0 spiro atoms. The van der Waals surface area contributed by atoms with Crippen molar-refractivity contribution in [3.8, 4) is 0 Å². The smallest absolute Gasteiger partial charge is 0.407 e. The maximum absolute atomic E-state index is 14.4. The van der Waals surface area contributed by atoms with Crippen LogP contribution in [0.4, 0.5) is 27.6 Å². The summed E-state index contributed by atoms with van der Waals surface area (Å²) in [4.78, 5) is 34.4. The summed E-state index contributed by atoms with van der Waals surface area (Å²) in [5.74, 6) is -1.36. The molecule has 0 aliphatic heterocycles. The fourth-order valence-electron chi connectivity index (χ4n) is 8.37. The summed E-state index contributed by atoms with van der Waals surface area (Å²) in [5.41, 5.74) is 4.84. The van der Waals surface area contributed by atoms with Crippen molar-refractivity contribution in [3.05, 3.63) is 171 Å². The first kappa shape index (κ1) is 94.4. The highest BCUT2D eigenvalue weighted by atomic mass is 79.9. The molecular weight excluding hydrogens is 1630 g/mol. The maximum atomic E-state index is 14.4. The van der Waals surface area contributed by atoms with Gasteiger partial charge in [-0.1, -0.05) is 104 Å². The van der Waals surface area contributed by atoms with E-state index in [-0.39, 0.29) is 96.3 Å². The van der Waals surface area contributed by atoms with Gasteiger partial charge in [-0.25, -0.2) is 70.4 Å². The standard InChI is InChI=1S/2C22H29Cl2FN4O4S.C13H15Cl2N3O2S.C9H15BrFNO2.ClH/c1-14-17(11-15-7-8-19(18(23)12-15)34(31,32)28(5)6)20(24)27-29(14)13-16(25)9-10-26-21(30)33-22(2,3)4;1-14-17(11-15-7-8-19(18(23)12-15)34(31,32)28(5)6)20(24)29(27-14)13-16(25)9-10-26-21(30)33-22(2,3)4;1-8-10(13(15)17-16-8)6-9-4-5-12(11(14)7-9)21(19,20)18(2)3;1-9(2,3)14-8(13)12-5-4-7(11)6-10;/h2*7-9,12H,10-11,13H2,1-6H3,(H,26,30);4-5,7H,6H2,1-3H3,(H,16,17);4H,5-6H2,1-3H3,(H,12,13);1H/b2*16-9-;;7-4-;. The molecule has 38 heteroatoms. The van der Waals surface area contributed by atoms with E-state index in [2.05, 4.69) is 52.3 Å². The number of nitrogens with one attached hydrogen (secondary N) is 4. The van der Waals surface area contributed by atoms with Crippen molar-refractivity contribution in [2.45, 2.75) is 147 Å². The SMILES string of the molecule is CC(C)(C)OC(=O)NC/C=C(\F)CBr.Cc1[nH]nc(Cl)c1Cc1ccc(S(=O)(=O)N(C)C)c(Cl)c1.Cc1c(Cc2ccc(S(=O)(=O)N(C)C)c(Cl)c2)c(Cl)nn1C/C(F)=C/CNC(=O)OC(C)(C)C.Cc1nn(C/C(F)=C/CNC(=O)OC(C)(C)C)c(Cl)c1Cc1ccc(S(=O)(=O)N(C)C)c(Cl)c1.Cl. The van der Waals surface area contributed by atoms with Crippen molar-refractivity contribution in [1.82, 2.24) is 58.6 Å². The van der Waals surface area contributed by atoms with Gasteiger partial charge in [-0.05, 0) is 154 Å². The number of aryl methyl sites for hydroxylation is 2. The Labute approximate surface area is 652 Å². The fourth-order valence-corrected chi connectivity index (χ4v) is 13.7. The summed E-state index contributed by atoms with van der Waals surface area (Å²) in [5, 5.41) is 23.9. The molecule has 6 aromatic rings. The van der Waals surface area contributed by atoms with E-state index in [1.165, 1.54) is 88.1 Å². The molecule has 3 aromatic carbocycles. The molecule has 0 aliphatic rings. The summed E-state index contributed by atoms with van der Waals surface area (Å²) in [6.07, 6.45) is 3.08. The summed E-state index contributed by atoms with van der Waals surface area (Å²) in [6.45, 7) is 20.7. The Balaban J connectivity index is 0.000000493. The molecule has 24 nitrogen and oxygen atoms in total. The quantitative estimate of drug-likeness (QED) is 0.0342. The average molecular weight is 1720 g/mol. The summed E-state index contributed by atoms with van der Waals surface area (Å²) in [6, 6.07) is 14.2. The molecule has 0 bridgehead atoms. The summed E-state index contributed by atoms with van der Waals surface area (Å²) in [7, 11) is -2.23. The minimum atomic E-state index is -3.67. The highest BCUT2D eigenvalue weighted by molar-refractivity contribution is 9.09. The summed E-state index contributed by atoms with van der Waals surface area (Å²) < 4.78 is 136. The Kier molecular flexibility index (Phi) is 37.3. The first-order chi connectivity index (χ1) is 47.3. The van der Waals surface area contributed by atoms with E-state index in [1.54, 1.807) is 113 Å². The van der Waals surface area contributed by atoms with Crippen LogP contribution in [0.25, 0.3) is 0 Å². The van der Waals surface area contributed by atoms with Gasteiger partial charge in [-0.2, -0.15) is 15.3 Å². The molecule has 104 heavy (non-hydrogen) atoms. The normalized spacial score (nSPS) is 12.5. The number of aromatic nitrogens is 6. The lowest BCUT2D eigenvalue weighted by Crippen LogP contribution is -2.32. The van der Waals surface area contributed by atoms with Crippen LogP contribution in [0.2, 0.25) is 30.5 Å². The molecule has 4 N–H and O–H groups in total. The van der Waals surface area contributed by atoms with Crippen molar-refractivity contribution < 1.29 is 67.0 Å². The Morgan fingerprint density at radius 1 is 0.519 bits per heavy atom. The van der Waals surface area contributed by atoms with Crippen LogP contribution in [-0.4, -0.2) is 170 Å². The van der Waals surface area contributed by atoms with Gasteiger partial charge in [0.25, 0.3) is 0 Å². The molecule has 3 heterocycles. The number of allylic oxidation sites excluding steroid dienone is 3. The van der Waals surface area contributed by atoms with E-state index >= 15 is 0 Å². The number of sulfonamides is 3. The van der Waals surface area contributed by atoms with Crippen LogP contribution in [0.3, 0.4) is 0 Å². The third kappa shape index (κ3) is 30.5. The van der Waals surface area contributed by atoms with Crippen LogP contribution in [0, 0.1) is 20.8 Å². The molecule has 580 valence electrons. The number of ether oxygens (including phenoxy) is 3. The number of alkyl halides is 1. The van der Waals surface area contributed by atoms with Gasteiger partial charge in [0.1, 0.15) is 54.1 Å². The second-order valence-corrected chi connectivity index (χ2v) is 35.3. The second kappa shape index (κ2) is 41.1. The largest absolute Gasteiger partial charge is 0.444 e. The molecule has 0 aliphatic carbocycles. The van der Waals surface area contributed by atoms with Crippen LogP contribution in [-0.2, 0) is 76.6 Å². The monoisotopic (exact) mass is 1720 g/mol. The zero-order valence-corrected chi connectivity index (χ0v) is 70.1. The second-order valence-electron chi connectivity index (χ2n) is 26.1. The average Bonchev–Trinajstić information content (AvgIpc) is 0.859. The number of H-pyrrole nitrogens is 1. The number of benzene rings is 3. The Bertz CT molecular complexity index is 4200. The van der Waals surface area contributed by atoms with E-state index < -0.39 is 76.8 Å². The molecule has 3 aromatic heterocycles. The van der Waals surface area contributed by atoms with Gasteiger partial charge in [-0.15, -0.1) is 12.4 Å². The number of halogens is 11. The maximum Gasteiger partial charge on any atom is 0.407 e. The van der Waals surface area contributed by atoms with Gasteiger partial charge in [0.15, 0.2) is 10.3 Å². The first-order valence-corrected chi connectivity index (χ1v) is 38.8. The van der Waals surface area contributed by atoms with Crippen LogP contribution in [0.15, 0.2) is 105 Å². The molecule has 6 rings (SSSR count). The number of rotatable bonds is 23. The zero-order chi connectivity index (χ0) is 78.7. The third-order valence-electron chi connectivity index (χ3n) is 13.5. The molecule has 0 radical (unpaired) electrons. The molecule has 3 amide bonds. The van der Waals surface area contributed by atoms with Gasteiger partial charge in [0, 0.05) is 109 Å². The number of carbonyl (C=O) groups is 3. The zero-order valence-electron chi connectivity index (χ0n) is 60.7. The van der Waals surface area contributed by atoms with Crippen molar-refractivity contribution in [2.24, 2.45) is 0 Å². The number of nitrogens with zero attached hydrogens (tertiary/aromatic N) is 8. The minimum absolute atomic E-state index is 0. The molecule has 0 saturated heterocycles. The van der Waals surface area contributed by atoms with E-state index in [1.807, 2.05) is 6.92 Å². The highest BCUT2D eigenvalue weighted by Gasteiger charge is 2.26. The van der Waals surface area contributed by atoms with Crippen LogP contribution < -0.4 is 16.0 Å². The van der Waals surface area contributed by atoms with Gasteiger partial charge in [0.2, 0.25) is 30.1 Å². The van der Waals surface area contributed by atoms with Crippen LogP contribution in [0.5, 0.6) is 0 Å². The Hall–Kier alpha value is -5.65. The third-order valence-corrected chi connectivity index (χ3v) is 22.0. The highest BCUT2D eigenvalue weighted by Crippen LogP contribution is 2.32. The Morgan fingerprint density at radius 3 is 1.15 bits per heavy atom. The number of hydrogen-bond acceptors (Lipinski definition) is 15. The lowest BCUT2D eigenvalue weighted by molar-refractivity contribution is 0.0522. The minimum Gasteiger partial charge on any atom is -0.444 e. The molecule has 0 atom stereocenters. The predicted octanol–water partition coefficient (Wildman–Crippen LogP) is 15.5. The Morgan fingerprint density at radius 2 is 0.846 bits per heavy atom. The van der Waals surface area contributed by atoms with E-state index in [4.69, 9.17) is 83.8 Å². The predicted molar refractivity (Wildman–Crippen MR) is 409 cm³/mol. The number of carbonyl (C=O) groups excluding carboxylic acids is 3. The molecule has 0 unspecified atom stereocenters. The van der Waals surface area contributed by atoms with Crippen molar-refractivity contribution in [1.29, 1.82) is 0 Å². The van der Waals surface area contributed by atoms with Gasteiger partial charge in [-0.3, -0.25) is 9.78 Å². The number of alkyl carbamates (subject to hydrolysis) is 3. The molecular formula is C66H89BrCl7F3N12O12S3. The van der Waals surface area contributed by atoms with Crippen LogP contribution in [0.1, 0.15) is 113 Å². The van der Waals surface area contributed by atoms with E-state index in [0.717, 1.165) is 40.9 Å². The molecule has 0 saturated carbocycles. The molecule has 0 fully saturated rings. The lowest BCUT2D eigenvalue weighted by atomic mass is 10.1. The van der Waals surface area contributed by atoms with Gasteiger partial charge < -0.3 is 30.2 Å². The number of hydrogen-bond donors (Lipinski definition) is 4. The number of amides is 3. The number of aromatic amines is 1. The summed E-state index contributed by atoms with van der Waals surface area (Å²) >= 11 is 40.3. The van der Waals surface area contributed by atoms with E-state index in [9.17, 15) is 52.8 Å². The van der Waals surface area contributed by atoms with Gasteiger partial charge in [0.05, 0.1) is 39.2 Å². The van der Waals surface area contributed by atoms with Gasteiger partial charge >= 0.3 is 18.3 Å². The fraction of sp³-hybridized carbons (Fsp3) is 0.455. The van der Waals surface area contributed by atoms with Crippen LogP contribution >= 0.6 is 97.9 Å². The van der Waals surface area contributed by atoms with Crippen molar-refractivity contribution >= 4 is 146 Å². The van der Waals surface area contributed by atoms with Crippen molar-refractivity contribution in [2.75, 3.05) is 67.3 Å². The van der Waals surface area contributed by atoms with E-state index in [0.29, 0.717) is 46.9 Å². The lowest BCUT2D eigenvalue weighted by Gasteiger charge is -2.19. The topological polar surface area (TPSA) is 291 Å². The van der Waals surface area contributed by atoms with Crippen molar-refractivity contribution in [3.63, 3.8) is 0 Å². The first-order valence-electron chi connectivity index (χ1n) is 31.1.